The SMILES string of the molecule is Cc1ccc(CN2CCNCC2C)cc1Cl.Cl. The van der Waals surface area contributed by atoms with Gasteiger partial charge in [0.15, 0.2) is 0 Å². The number of benzene rings is 1. The Morgan fingerprint density at radius 1 is 1.47 bits per heavy atom. The first-order chi connectivity index (χ1) is 7.66. The highest BCUT2D eigenvalue weighted by Gasteiger charge is 2.17. The molecule has 1 atom stereocenters. The Balaban J connectivity index is 0.00000144. The van der Waals surface area contributed by atoms with Gasteiger partial charge in [0.05, 0.1) is 0 Å². The van der Waals surface area contributed by atoms with Crippen LogP contribution in [0.2, 0.25) is 5.02 Å². The van der Waals surface area contributed by atoms with E-state index < -0.39 is 0 Å². The average Bonchev–Trinajstić information content (AvgIpc) is 2.27. The van der Waals surface area contributed by atoms with Gasteiger partial charge < -0.3 is 5.32 Å². The second-order valence-corrected chi connectivity index (χ2v) is 5.01. The molecule has 0 radical (unpaired) electrons. The molecule has 0 aliphatic carbocycles. The van der Waals surface area contributed by atoms with E-state index in [-0.39, 0.29) is 12.4 Å². The van der Waals surface area contributed by atoms with Crippen LogP contribution in [0.25, 0.3) is 0 Å². The molecule has 17 heavy (non-hydrogen) atoms. The summed E-state index contributed by atoms with van der Waals surface area (Å²) < 4.78 is 0. The van der Waals surface area contributed by atoms with Crippen LogP contribution in [0.4, 0.5) is 0 Å². The zero-order chi connectivity index (χ0) is 11.5. The fourth-order valence-electron chi connectivity index (χ4n) is 2.09. The minimum atomic E-state index is 0. The van der Waals surface area contributed by atoms with Gasteiger partial charge in [-0.25, -0.2) is 0 Å². The highest BCUT2D eigenvalue weighted by Crippen LogP contribution is 2.18. The lowest BCUT2D eigenvalue weighted by atomic mass is 10.1. The third-order valence-electron chi connectivity index (χ3n) is 3.26. The van der Waals surface area contributed by atoms with Gasteiger partial charge in [-0.05, 0) is 31.0 Å². The van der Waals surface area contributed by atoms with Crippen molar-refractivity contribution in [3.05, 3.63) is 34.3 Å². The average molecular weight is 275 g/mol. The number of piperazine rings is 1. The van der Waals surface area contributed by atoms with Gasteiger partial charge >= 0.3 is 0 Å². The number of rotatable bonds is 2. The van der Waals surface area contributed by atoms with Gasteiger partial charge in [0, 0.05) is 37.2 Å². The molecule has 1 saturated heterocycles. The van der Waals surface area contributed by atoms with Crippen LogP contribution in [-0.4, -0.2) is 30.6 Å². The first-order valence-corrected chi connectivity index (χ1v) is 6.24. The molecular formula is C13H20Cl2N2. The Kier molecular flexibility index (Phi) is 5.74. The van der Waals surface area contributed by atoms with Gasteiger partial charge in [0.25, 0.3) is 0 Å². The Morgan fingerprint density at radius 3 is 2.88 bits per heavy atom. The smallest absolute Gasteiger partial charge is 0.0438 e. The summed E-state index contributed by atoms with van der Waals surface area (Å²) in [4.78, 5) is 2.50. The molecule has 1 aliphatic rings. The lowest BCUT2D eigenvalue weighted by molar-refractivity contribution is 0.165. The molecule has 0 saturated carbocycles. The molecule has 1 aliphatic heterocycles. The maximum absolute atomic E-state index is 6.14. The Bertz CT molecular complexity index is 368. The van der Waals surface area contributed by atoms with Gasteiger partial charge in [0.2, 0.25) is 0 Å². The predicted octanol–water partition coefficient (Wildman–Crippen LogP) is 2.86. The highest BCUT2D eigenvalue weighted by molar-refractivity contribution is 6.31. The van der Waals surface area contributed by atoms with Crippen molar-refractivity contribution in [2.75, 3.05) is 19.6 Å². The molecule has 0 amide bonds. The van der Waals surface area contributed by atoms with Gasteiger partial charge in [0.1, 0.15) is 0 Å². The summed E-state index contributed by atoms with van der Waals surface area (Å²) >= 11 is 6.14. The topological polar surface area (TPSA) is 15.3 Å². The van der Waals surface area contributed by atoms with Crippen LogP contribution in [0.5, 0.6) is 0 Å². The minimum absolute atomic E-state index is 0. The second-order valence-electron chi connectivity index (χ2n) is 4.61. The van der Waals surface area contributed by atoms with Crippen molar-refractivity contribution in [3.8, 4) is 0 Å². The van der Waals surface area contributed by atoms with Crippen LogP contribution in [0.15, 0.2) is 18.2 Å². The van der Waals surface area contributed by atoms with Crippen molar-refractivity contribution in [3.63, 3.8) is 0 Å². The molecule has 2 rings (SSSR count). The van der Waals surface area contributed by atoms with Crippen molar-refractivity contribution in [2.45, 2.75) is 26.4 Å². The van der Waals surface area contributed by atoms with Crippen LogP contribution in [-0.2, 0) is 6.54 Å². The third kappa shape index (κ3) is 3.85. The zero-order valence-corrected chi connectivity index (χ0v) is 11.9. The molecule has 0 spiro atoms. The molecule has 96 valence electrons. The summed E-state index contributed by atoms with van der Waals surface area (Å²) in [6.45, 7) is 8.60. The Morgan fingerprint density at radius 2 is 2.24 bits per heavy atom. The molecule has 0 bridgehead atoms. The van der Waals surface area contributed by atoms with Gasteiger partial charge in [-0.15, -0.1) is 12.4 Å². The lowest BCUT2D eigenvalue weighted by Crippen LogP contribution is -2.49. The number of aryl methyl sites for hydroxylation is 1. The molecule has 1 aromatic carbocycles. The van der Waals surface area contributed by atoms with Crippen LogP contribution >= 0.6 is 24.0 Å². The number of halogens is 2. The molecule has 2 nitrogen and oxygen atoms in total. The van der Waals surface area contributed by atoms with Crippen molar-refractivity contribution in [1.82, 2.24) is 10.2 Å². The first-order valence-electron chi connectivity index (χ1n) is 5.86. The van der Waals surface area contributed by atoms with Crippen molar-refractivity contribution < 1.29 is 0 Å². The Hall–Kier alpha value is -0.280. The van der Waals surface area contributed by atoms with E-state index in [1.165, 1.54) is 5.56 Å². The second kappa shape index (κ2) is 6.60. The van der Waals surface area contributed by atoms with Crippen molar-refractivity contribution in [1.29, 1.82) is 0 Å². The van der Waals surface area contributed by atoms with E-state index in [1.807, 2.05) is 6.92 Å². The number of hydrogen-bond donors (Lipinski definition) is 1. The molecule has 1 fully saturated rings. The van der Waals surface area contributed by atoms with Crippen LogP contribution in [0.3, 0.4) is 0 Å². The first kappa shape index (κ1) is 14.8. The van der Waals surface area contributed by atoms with Crippen LogP contribution < -0.4 is 5.32 Å². The van der Waals surface area contributed by atoms with E-state index in [0.717, 1.165) is 36.8 Å². The molecule has 1 unspecified atom stereocenters. The zero-order valence-electron chi connectivity index (χ0n) is 10.4. The Labute approximate surface area is 115 Å². The molecule has 0 aromatic heterocycles. The summed E-state index contributed by atoms with van der Waals surface area (Å²) in [5.41, 5.74) is 2.46. The van der Waals surface area contributed by atoms with Gasteiger partial charge in [-0.1, -0.05) is 23.7 Å². The van der Waals surface area contributed by atoms with Gasteiger partial charge in [-0.3, -0.25) is 4.90 Å². The maximum Gasteiger partial charge on any atom is 0.0438 e. The minimum Gasteiger partial charge on any atom is -0.314 e. The molecule has 1 aromatic rings. The van der Waals surface area contributed by atoms with Crippen molar-refractivity contribution in [2.24, 2.45) is 0 Å². The number of nitrogens with zero attached hydrogens (tertiary/aromatic N) is 1. The van der Waals surface area contributed by atoms with E-state index in [1.54, 1.807) is 0 Å². The standard InChI is InChI=1S/C13H19ClN2.ClH/c1-10-3-4-12(7-13(10)14)9-16-6-5-15-8-11(16)2;/h3-4,7,11,15H,5-6,8-9H2,1-2H3;1H. The molecule has 1 heterocycles. The van der Waals surface area contributed by atoms with E-state index in [4.69, 9.17) is 11.6 Å². The maximum atomic E-state index is 6.14. The number of nitrogens with one attached hydrogen (secondary N) is 1. The van der Waals surface area contributed by atoms with Crippen molar-refractivity contribution >= 4 is 24.0 Å². The van der Waals surface area contributed by atoms with Crippen LogP contribution in [0.1, 0.15) is 18.1 Å². The summed E-state index contributed by atoms with van der Waals surface area (Å²) in [5.74, 6) is 0. The fourth-order valence-corrected chi connectivity index (χ4v) is 2.29. The van der Waals surface area contributed by atoms with E-state index in [2.05, 4.69) is 35.3 Å². The predicted molar refractivity (Wildman–Crippen MR) is 76.2 cm³/mol. The van der Waals surface area contributed by atoms with E-state index in [9.17, 15) is 0 Å². The third-order valence-corrected chi connectivity index (χ3v) is 3.67. The van der Waals surface area contributed by atoms with E-state index in [0.29, 0.717) is 6.04 Å². The number of hydrogen-bond acceptors (Lipinski definition) is 2. The van der Waals surface area contributed by atoms with Crippen LogP contribution in [0, 0.1) is 6.92 Å². The largest absolute Gasteiger partial charge is 0.314 e. The summed E-state index contributed by atoms with van der Waals surface area (Å²) in [7, 11) is 0. The summed E-state index contributed by atoms with van der Waals surface area (Å²) in [6, 6.07) is 6.97. The molecule has 1 N–H and O–H groups in total. The fraction of sp³-hybridized carbons (Fsp3) is 0.538. The summed E-state index contributed by atoms with van der Waals surface area (Å²) in [5, 5.41) is 4.28. The summed E-state index contributed by atoms with van der Waals surface area (Å²) in [6.07, 6.45) is 0. The molecule has 4 heteroatoms. The highest BCUT2D eigenvalue weighted by atomic mass is 35.5. The van der Waals surface area contributed by atoms with E-state index >= 15 is 0 Å². The molecular weight excluding hydrogens is 255 g/mol. The normalized spacial score (nSPS) is 21.0. The quantitative estimate of drug-likeness (QED) is 0.892. The monoisotopic (exact) mass is 274 g/mol. The lowest BCUT2D eigenvalue weighted by Gasteiger charge is -2.33. The van der Waals surface area contributed by atoms with Gasteiger partial charge in [-0.2, -0.15) is 0 Å².